The van der Waals surface area contributed by atoms with Crippen LogP contribution in [0.5, 0.6) is 5.75 Å². The Morgan fingerprint density at radius 2 is 1.97 bits per heavy atom. The number of halogens is 3. The van der Waals surface area contributed by atoms with E-state index in [1.807, 2.05) is 0 Å². The maximum Gasteiger partial charge on any atom is 0.433 e. The summed E-state index contributed by atoms with van der Waals surface area (Å²) in [6.45, 7) is 0. The summed E-state index contributed by atoms with van der Waals surface area (Å²) in [7, 11) is 1.51. The van der Waals surface area contributed by atoms with E-state index in [0.29, 0.717) is 16.0 Å². The molecule has 7 nitrogen and oxygen atoms in total. The molecule has 148 valence electrons. The molecule has 0 bridgehead atoms. The zero-order chi connectivity index (χ0) is 20.6. The second-order valence-electron chi connectivity index (χ2n) is 5.98. The Bertz CT molecular complexity index is 1170. The van der Waals surface area contributed by atoms with Gasteiger partial charge in [0.25, 0.3) is 5.91 Å². The number of nitrogens with zero attached hydrogens (tertiary/aromatic N) is 3. The van der Waals surface area contributed by atoms with Crippen LogP contribution in [0.15, 0.2) is 59.3 Å². The smallest absolute Gasteiger partial charge is 0.433 e. The number of aromatic nitrogens is 3. The molecule has 1 amide bonds. The molecule has 0 aliphatic heterocycles. The van der Waals surface area contributed by atoms with E-state index in [2.05, 4.69) is 15.4 Å². The third-order valence-corrected chi connectivity index (χ3v) is 4.13. The Balaban J connectivity index is 1.78. The van der Waals surface area contributed by atoms with Gasteiger partial charge in [0.1, 0.15) is 17.0 Å². The van der Waals surface area contributed by atoms with Crippen molar-refractivity contribution in [3.05, 3.63) is 66.2 Å². The van der Waals surface area contributed by atoms with E-state index in [1.54, 1.807) is 24.3 Å². The fourth-order valence-electron chi connectivity index (χ4n) is 2.75. The standard InChI is InChI=1S/C19H13F3N4O3/c1-28-12-6-4-11(5-7-12)24-18(27)13-10-23-26-16(19(20,21)22)9-14(25-17(13)26)15-3-2-8-29-15/h2-10H,1H3,(H,24,27). The number of carbonyl (C=O) groups is 1. The number of anilines is 1. The summed E-state index contributed by atoms with van der Waals surface area (Å²) in [6.07, 6.45) is -2.34. The van der Waals surface area contributed by atoms with Crippen LogP contribution in [-0.2, 0) is 6.18 Å². The molecule has 0 unspecified atom stereocenters. The highest BCUT2D eigenvalue weighted by Crippen LogP contribution is 2.33. The van der Waals surface area contributed by atoms with Crippen LogP contribution >= 0.6 is 0 Å². The van der Waals surface area contributed by atoms with E-state index in [4.69, 9.17) is 9.15 Å². The van der Waals surface area contributed by atoms with Crippen LogP contribution in [0.1, 0.15) is 16.1 Å². The van der Waals surface area contributed by atoms with Gasteiger partial charge in [-0.15, -0.1) is 0 Å². The summed E-state index contributed by atoms with van der Waals surface area (Å²) < 4.78 is 51.4. The number of rotatable bonds is 4. The molecule has 0 aliphatic rings. The molecular formula is C19H13F3N4O3. The molecule has 0 spiro atoms. The van der Waals surface area contributed by atoms with Gasteiger partial charge in [-0.1, -0.05) is 0 Å². The summed E-state index contributed by atoms with van der Waals surface area (Å²) in [6, 6.07) is 10.3. The second kappa shape index (κ2) is 6.97. The molecule has 3 aromatic heterocycles. The van der Waals surface area contributed by atoms with Crippen LogP contribution < -0.4 is 10.1 Å². The minimum Gasteiger partial charge on any atom is -0.497 e. The highest BCUT2D eigenvalue weighted by atomic mass is 19.4. The third kappa shape index (κ3) is 3.51. The molecule has 1 aromatic carbocycles. The third-order valence-electron chi connectivity index (χ3n) is 4.13. The fraction of sp³-hybridized carbons (Fsp3) is 0.105. The van der Waals surface area contributed by atoms with Crippen LogP contribution in [0.4, 0.5) is 18.9 Å². The number of benzene rings is 1. The van der Waals surface area contributed by atoms with Crippen molar-refractivity contribution in [1.29, 1.82) is 0 Å². The Labute approximate surface area is 161 Å². The number of hydrogen-bond donors (Lipinski definition) is 1. The topological polar surface area (TPSA) is 81.7 Å². The van der Waals surface area contributed by atoms with Crippen molar-refractivity contribution in [2.45, 2.75) is 6.18 Å². The molecule has 29 heavy (non-hydrogen) atoms. The van der Waals surface area contributed by atoms with E-state index in [-0.39, 0.29) is 22.7 Å². The van der Waals surface area contributed by atoms with Crippen molar-refractivity contribution in [2.24, 2.45) is 0 Å². The van der Waals surface area contributed by atoms with E-state index in [1.165, 1.54) is 25.5 Å². The first-order valence-electron chi connectivity index (χ1n) is 8.32. The van der Waals surface area contributed by atoms with Crippen LogP contribution in [-0.4, -0.2) is 27.6 Å². The number of alkyl halides is 3. The van der Waals surface area contributed by atoms with E-state index >= 15 is 0 Å². The molecule has 4 aromatic rings. The Morgan fingerprint density at radius 1 is 1.21 bits per heavy atom. The molecule has 0 saturated carbocycles. The lowest BCUT2D eigenvalue weighted by molar-refractivity contribution is -0.142. The van der Waals surface area contributed by atoms with Gasteiger partial charge < -0.3 is 14.5 Å². The lowest BCUT2D eigenvalue weighted by Crippen LogP contribution is -2.15. The van der Waals surface area contributed by atoms with Gasteiger partial charge in [-0.3, -0.25) is 4.79 Å². The molecule has 0 atom stereocenters. The first kappa shape index (κ1) is 18.5. The van der Waals surface area contributed by atoms with Crippen molar-refractivity contribution in [3.63, 3.8) is 0 Å². The highest BCUT2D eigenvalue weighted by molar-refractivity contribution is 6.08. The van der Waals surface area contributed by atoms with Crippen molar-refractivity contribution in [1.82, 2.24) is 14.6 Å². The summed E-state index contributed by atoms with van der Waals surface area (Å²) in [5, 5.41) is 6.33. The van der Waals surface area contributed by atoms with Gasteiger partial charge in [-0.05, 0) is 42.5 Å². The molecule has 1 N–H and O–H groups in total. The monoisotopic (exact) mass is 402 g/mol. The summed E-state index contributed by atoms with van der Waals surface area (Å²) in [5.74, 6) is 0.0849. The lowest BCUT2D eigenvalue weighted by atomic mass is 10.2. The molecule has 0 radical (unpaired) electrons. The van der Waals surface area contributed by atoms with E-state index < -0.39 is 17.8 Å². The zero-order valence-corrected chi connectivity index (χ0v) is 14.9. The SMILES string of the molecule is COc1ccc(NC(=O)c2cnn3c(C(F)(F)F)cc(-c4ccco4)nc23)cc1. The maximum atomic E-state index is 13.5. The van der Waals surface area contributed by atoms with Crippen molar-refractivity contribution < 1.29 is 27.1 Å². The Hall–Kier alpha value is -3.82. The predicted molar refractivity (Wildman–Crippen MR) is 96.6 cm³/mol. The first-order valence-corrected chi connectivity index (χ1v) is 8.32. The number of hydrogen-bond acceptors (Lipinski definition) is 5. The van der Waals surface area contributed by atoms with Crippen molar-refractivity contribution in [2.75, 3.05) is 12.4 Å². The van der Waals surface area contributed by atoms with Gasteiger partial charge in [0, 0.05) is 5.69 Å². The number of furan rings is 1. The van der Waals surface area contributed by atoms with Gasteiger partial charge in [0.2, 0.25) is 0 Å². The van der Waals surface area contributed by atoms with Crippen LogP contribution in [0, 0.1) is 0 Å². The average Bonchev–Trinajstić information content (AvgIpc) is 3.37. The maximum absolute atomic E-state index is 13.5. The fourth-order valence-corrected chi connectivity index (χ4v) is 2.75. The Kier molecular flexibility index (Phi) is 4.45. The number of methoxy groups -OCH3 is 1. The van der Waals surface area contributed by atoms with Gasteiger partial charge in [-0.2, -0.15) is 18.3 Å². The number of ether oxygens (including phenoxy) is 1. The molecule has 0 fully saturated rings. The van der Waals surface area contributed by atoms with Gasteiger partial charge in [0.05, 0.1) is 19.6 Å². The molecule has 3 heterocycles. The number of carbonyl (C=O) groups excluding carboxylic acids is 1. The average molecular weight is 402 g/mol. The normalized spacial score (nSPS) is 11.6. The minimum absolute atomic E-state index is 0.0613. The van der Waals surface area contributed by atoms with Crippen LogP contribution in [0.2, 0.25) is 0 Å². The molecule has 0 saturated heterocycles. The first-order chi connectivity index (χ1) is 13.9. The van der Waals surface area contributed by atoms with E-state index in [9.17, 15) is 18.0 Å². The molecule has 4 rings (SSSR count). The van der Waals surface area contributed by atoms with Gasteiger partial charge in [0.15, 0.2) is 17.1 Å². The minimum atomic E-state index is -4.71. The molecule has 0 aliphatic carbocycles. The number of amides is 1. The molecule has 10 heteroatoms. The summed E-state index contributed by atoms with van der Waals surface area (Å²) >= 11 is 0. The lowest BCUT2D eigenvalue weighted by Gasteiger charge is -2.11. The van der Waals surface area contributed by atoms with Crippen molar-refractivity contribution in [3.8, 4) is 17.2 Å². The summed E-state index contributed by atoms with van der Waals surface area (Å²) in [5.41, 5.74) is -1.04. The van der Waals surface area contributed by atoms with Crippen molar-refractivity contribution >= 4 is 17.2 Å². The van der Waals surface area contributed by atoms with E-state index in [0.717, 1.165) is 12.3 Å². The van der Waals surface area contributed by atoms with Crippen LogP contribution in [0.25, 0.3) is 17.1 Å². The Morgan fingerprint density at radius 3 is 2.59 bits per heavy atom. The predicted octanol–water partition coefficient (Wildman–Crippen LogP) is 4.27. The largest absolute Gasteiger partial charge is 0.497 e. The molecular weight excluding hydrogens is 389 g/mol. The zero-order valence-electron chi connectivity index (χ0n) is 14.9. The second-order valence-corrected chi connectivity index (χ2v) is 5.98. The summed E-state index contributed by atoms with van der Waals surface area (Å²) in [4.78, 5) is 16.8. The van der Waals surface area contributed by atoms with Gasteiger partial charge >= 0.3 is 6.18 Å². The number of nitrogens with one attached hydrogen (secondary N) is 1. The highest BCUT2D eigenvalue weighted by Gasteiger charge is 2.36. The number of fused-ring (bicyclic) bond motifs is 1. The van der Waals surface area contributed by atoms with Crippen LogP contribution in [0.3, 0.4) is 0 Å². The van der Waals surface area contributed by atoms with Gasteiger partial charge in [-0.25, -0.2) is 9.50 Å². The quantitative estimate of drug-likeness (QED) is 0.551.